The Morgan fingerprint density at radius 3 is 2.33 bits per heavy atom. The Morgan fingerprint density at radius 1 is 1.04 bits per heavy atom. The number of nitrogens with zero attached hydrogens (tertiary/aromatic N) is 2. The van der Waals surface area contributed by atoms with E-state index in [1.807, 2.05) is 66.9 Å². The number of rotatable bonds is 3. The maximum Gasteiger partial charge on any atom is 0.323 e. The molecule has 2 aromatic carbocycles. The first-order valence-electron chi connectivity index (χ1n) is 8.50. The summed E-state index contributed by atoms with van der Waals surface area (Å²) in [6.45, 7) is 2.49. The highest BCUT2D eigenvalue weighted by Crippen LogP contribution is 2.36. The first-order chi connectivity index (χ1) is 13.1. The number of carbonyl (C=O) groups is 1. The number of hydrogen-bond donors (Lipinski definition) is 3. The average molecular weight is 377 g/mol. The molecule has 1 aliphatic rings. The predicted octanol–water partition coefficient (Wildman–Crippen LogP) is 4.52. The molecule has 1 aliphatic heterocycles. The van der Waals surface area contributed by atoms with Gasteiger partial charge in [0.05, 0.1) is 5.56 Å². The SMILES string of the molecule is Cc1ccc(NC(=O)Nc2ccc(N3CN=C(N)c4ccsc43)cc2)cc1. The predicted molar refractivity (Wildman–Crippen MR) is 112 cm³/mol. The number of amidine groups is 1. The van der Waals surface area contributed by atoms with Crippen molar-refractivity contribution in [2.24, 2.45) is 10.7 Å². The molecule has 0 aliphatic carbocycles. The van der Waals surface area contributed by atoms with E-state index in [4.69, 9.17) is 5.73 Å². The van der Waals surface area contributed by atoms with Gasteiger partial charge in [-0.25, -0.2) is 9.79 Å². The van der Waals surface area contributed by atoms with Crippen molar-refractivity contribution in [1.29, 1.82) is 0 Å². The second kappa shape index (κ2) is 7.13. The number of anilines is 4. The molecule has 2 heterocycles. The van der Waals surface area contributed by atoms with Crippen LogP contribution in [0.5, 0.6) is 0 Å². The summed E-state index contributed by atoms with van der Waals surface area (Å²) in [6.07, 6.45) is 0. The number of nitrogens with one attached hydrogen (secondary N) is 2. The van der Waals surface area contributed by atoms with Crippen LogP contribution in [0.25, 0.3) is 0 Å². The minimum Gasteiger partial charge on any atom is -0.383 e. The number of benzene rings is 2. The fraction of sp³-hybridized carbons (Fsp3) is 0.100. The normalized spacial score (nSPS) is 12.9. The molecule has 0 atom stereocenters. The molecule has 4 rings (SSSR count). The van der Waals surface area contributed by atoms with E-state index < -0.39 is 0 Å². The first-order valence-corrected chi connectivity index (χ1v) is 9.38. The molecule has 6 nitrogen and oxygen atoms in total. The minimum atomic E-state index is -0.275. The van der Waals surface area contributed by atoms with Crippen LogP contribution >= 0.6 is 11.3 Å². The van der Waals surface area contributed by atoms with Crippen LogP contribution in [0, 0.1) is 6.92 Å². The van der Waals surface area contributed by atoms with Crippen molar-refractivity contribution in [2.45, 2.75) is 6.92 Å². The number of thiophene rings is 1. The zero-order valence-corrected chi connectivity index (χ0v) is 15.6. The Balaban J connectivity index is 1.44. The molecule has 0 saturated carbocycles. The minimum absolute atomic E-state index is 0.275. The van der Waals surface area contributed by atoms with E-state index in [0.29, 0.717) is 12.5 Å². The van der Waals surface area contributed by atoms with E-state index in [2.05, 4.69) is 20.5 Å². The Hall–Kier alpha value is -3.32. The van der Waals surface area contributed by atoms with Gasteiger partial charge in [0.15, 0.2) is 0 Å². The van der Waals surface area contributed by atoms with E-state index in [-0.39, 0.29) is 6.03 Å². The second-order valence-electron chi connectivity index (χ2n) is 6.24. The fourth-order valence-electron chi connectivity index (χ4n) is 2.86. The van der Waals surface area contributed by atoms with E-state index in [9.17, 15) is 4.79 Å². The summed E-state index contributed by atoms with van der Waals surface area (Å²) in [6, 6.07) is 17.0. The smallest absolute Gasteiger partial charge is 0.323 e. The van der Waals surface area contributed by atoms with Crippen LogP contribution in [0.3, 0.4) is 0 Å². The van der Waals surface area contributed by atoms with Gasteiger partial charge >= 0.3 is 6.03 Å². The Kier molecular flexibility index (Phi) is 4.52. The molecule has 4 N–H and O–H groups in total. The number of hydrogen-bond acceptors (Lipinski definition) is 5. The molecule has 0 fully saturated rings. The molecule has 0 unspecified atom stereocenters. The maximum atomic E-state index is 12.2. The Labute approximate surface area is 161 Å². The van der Waals surface area contributed by atoms with Gasteiger partial charge in [0.25, 0.3) is 0 Å². The van der Waals surface area contributed by atoms with E-state index in [1.54, 1.807) is 11.3 Å². The molecule has 3 aromatic rings. The van der Waals surface area contributed by atoms with E-state index in [0.717, 1.165) is 33.2 Å². The summed E-state index contributed by atoms with van der Waals surface area (Å²) in [4.78, 5) is 18.6. The number of nitrogens with two attached hydrogens (primary N) is 1. The molecule has 2 amide bonds. The number of aliphatic imine (C=N–C) groups is 1. The van der Waals surface area contributed by atoms with E-state index >= 15 is 0 Å². The second-order valence-corrected chi connectivity index (χ2v) is 7.14. The summed E-state index contributed by atoms with van der Waals surface area (Å²) in [5, 5.41) is 8.76. The van der Waals surface area contributed by atoms with Gasteiger partial charge in [-0.15, -0.1) is 11.3 Å². The third kappa shape index (κ3) is 3.63. The lowest BCUT2D eigenvalue weighted by Crippen LogP contribution is -2.27. The zero-order chi connectivity index (χ0) is 18.8. The van der Waals surface area contributed by atoms with Crippen LogP contribution < -0.4 is 21.3 Å². The van der Waals surface area contributed by atoms with Crippen molar-refractivity contribution >= 4 is 45.3 Å². The van der Waals surface area contributed by atoms with Gasteiger partial charge in [-0.05, 0) is 54.8 Å². The van der Waals surface area contributed by atoms with Crippen molar-refractivity contribution < 1.29 is 4.79 Å². The number of carbonyl (C=O) groups excluding carboxylic acids is 1. The lowest BCUT2D eigenvalue weighted by molar-refractivity contribution is 0.262. The molecule has 0 bridgehead atoms. The number of fused-ring (bicyclic) bond motifs is 1. The maximum absolute atomic E-state index is 12.2. The molecular weight excluding hydrogens is 358 g/mol. The van der Waals surface area contributed by atoms with Crippen LogP contribution in [-0.4, -0.2) is 18.5 Å². The van der Waals surface area contributed by atoms with Crippen molar-refractivity contribution in [3.63, 3.8) is 0 Å². The van der Waals surface area contributed by atoms with Crippen molar-refractivity contribution in [1.82, 2.24) is 0 Å². The van der Waals surface area contributed by atoms with Crippen LogP contribution in [0.15, 0.2) is 65.0 Å². The monoisotopic (exact) mass is 377 g/mol. The van der Waals surface area contributed by atoms with Crippen LogP contribution in [0.4, 0.5) is 26.9 Å². The lowest BCUT2D eigenvalue weighted by atomic mass is 10.2. The quantitative estimate of drug-likeness (QED) is 0.628. The number of urea groups is 1. The molecule has 1 aromatic heterocycles. The number of aryl methyl sites for hydroxylation is 1. The van der Waals surface area contributed by atoms with Crippen molar-refractivity contribution in [3.05, 3.63) is 71.1 Å². The highest BCUT2D eigenvalue weighted by molar-refractivity contribution is 7.14. The van der Waals surface area contributed by atoms with Gasteiger partial charge in [-0.2, -0.15) is 0 Å². The van der Waals surface area contributed by atoms with Gasteiger partial charge in [0.2, 0.25) is 0 Å². The van der Waals surface area contributed by atoms with Crippen LogP contribution in [0.1, 0.15) is 11.1 Å². The van der Waals surface area contributed by atoms with Crippen LogP contribution in [-0.2, 0) is 0 Å². The van der Waals surface area contributed by atoms with Gasteiger partial charge in [0, 0.05) is 17.1 Å². The molecule has 27 heavy (non-hydrogen) atoms. The molecule has 0 saturated heterocycles. The molecule has 7 heteroatoms. The fourth-order valence-corrected chi connectivity index (χ4v) is 3.78. The highest BCUT2D eigenvalue weighted by atomic mass is 32.1. The third-order valence-electron chi connectivity index (χ3n) is 4.29. The molecular formula is C20H19N5OS. The summed E-state index contributed by atoms with van der Waals surface area (Å²) >= 11 is 1.63. The average Bonchev–Trinajstić information content (AvgIpc) is 3.16. The summed E-state index contributed by atoms with van der Waals surface area (Å²) in [7, 11) is 0. The van der Waals surface area contributed by atoms with E-state index in [1.165, 1.54) is 0 Å². The standard InChI is InChI=1S/C20H19N5OS/c1-13-2-4-14(5-3-13)23-20(26)24-15-6-8-16(9-7-15)25-12-22-18(21)17-10-11-27-19(17)25/h2-11H,12H2,1H3,(H2,21,22)(H2,23,24,26). The zero-order valence-electron chi connectivity index (χ0n) is 14.8. The lowest BCUT2D eigenvalue weighted by Gasteiger charge is -2.26. The molecule has 0 spiro atoms. The summed E-state index contributed by atoms with van der Waals surface area (Å²) < 4.78 is 0. The van der Waals surface area contributed by atoms with Gasteiger partial charge in [-0.3, -0.25) is 0 Å². The summed E-state index contributed by atoms with van der Waals surface area (Å²) in [5.74, 6) is 0.577. The Morgan fingerprint density at radius 2 is 1.67 bits per heavy atom. The first kappa shape index (κ1) is 17.1. The Bertz CT molecular complexity index is 992. The summed E-state index contributed by atoms with van der Waals surface area (Å²) in [5.41, 5.74) is 10.5. The molecule has 136 valence electrons. The third-order valence-corrected chi connectivity index (χ3v) is 5.23. The van der Waals surface area contributed by atoms with Crippen molar-refractivity contribution in [2.75, 3.05) is 22.2 Å². The molecule has 0 radical (unpaired) electrons. The van der Waals surface area contributed by atoms with Crippen molar-refractivity contribution in [3.8, 4) is 0 Å². The largest absolute Gasteiger partial charge is 0.383 e. The van der Waals surface area contributed by atoms with Gasteiger partial charge in [0.1, 0.15) is 17.5 Å². The topological polar surface area (TPSA) is 82.8 Å². The van der Waals surface area contributed by atoms with Crippen LogP contribution in [0.2, 0.25) is 0 Å². The van der Waals surface area contributed by atoms with Gasteiger partial charge in [-0.1, -0.05) is 17.7 Å². The number of amides is 2. The highest BCUT2D eigenvalue weighted by Gasteiger charge is 2.21. The van der Waals surface area contributed by atoms with Gasteiger partial charge < -0.3 is 21.3 Å².